The van der Waals surface area contributed by atoms with Crippen LogP contribution in [0.3, 0.4) is 0 Å². The Morgan fingerprint density at radius 1 is 1.03 bits per heavy atom. The number of likely N-dealkylation sites (tertiary alicyclic amines) is 1. The van der Waals surface area contributed by atoms with Crippen molar-refractivity contribution in [3.63, 3.8) is 0 Å². The van der Waals surface area contributed by atoms with Crippen LogP contribution >= 0.6 is 0 Å². The lowest BCUT2D eigenvalue weighted by molar-refractivity contribution is 0.0690. The lowest BCUT2D eigenvalue weighted by Gasteiger charge is -2.32. The molecule has 1 amide bonds. The van der Waals surface area contributed by atoms with Crippen LogP contribution in [0.5, 0.6) is 0 Å². The van der Waals surface area contributed by atoms with Gasteiger partial charge in [-0.1, -0.05) is 12.1 Å². The highest BCUT2D eigenvalue weighted by Gasteiger charge is 2.26. The summed E-state index contributed by atoms with van der Waals surface area (Å²) in [5, 5.41) is 0. The van der Waals surface area contributed by atoms with E-state index in [4.69, 9.17) is 0 Å². The van der Waals surface area contributed by atoms with Crippen LogP contribution in [0.25, 0.3) is 11.4 Å². The van der Waals surface area contributed by atoms with Gasteiger partial charge >= 0.3 is 0 Å². The average Bonchev–Trinajstić information content (AvgIpc) is 2.77. The lowest BCUT2D eigenvalue weighted by Crippen LogP contribution is -2.39. The van der Waals surface area contributed by atoms with E-state index in [1.54, 1.807) is 41.6 Å². The van der Waals surface area contributed by atoms with Crippen molar-refractivity contribution in [1.82, 2.24) is 19.9 Å². The van der Waals surface area contributed by atoms with E-state index >= 15 is 0 Å². The Bertz CT molecular complexity index is 1000. The molecule has 0 radical (unpaired) electrons. The van der Waals surface area contributed by atoms with Crippen LogP contribution in [0, 0.1) is 17.6 Å². The third-order valence-electron chi connectivity index (χ3n) is 5.30. The largest absolute Gasteiger partial charge is 0.339 e. The molecule has 1 fully saturated rings. The average molecular weight is 394 g/mol. The van der Waals surface area contributed by atoms with Gasteiger partial charge in [-0.3, -0.25) is 9.78 Å². The summed E-state index contributed by atoms with van der Waals surface area (Å²) >= 11 is 0. The second-order valence-corrected chi connectivity index (χ2v) is 7.15. The van der Waals surface area contributed by atoms with E-state index in [-0.39, 0.29) is 11.8 Å². The molecule has 0 atom stereocenters. The first kappa shape index (κ1) is 19.1. The van der Waals surface area contributed by atoms with Crippen LogP contribution < -0.4 is 0 Å². The summed E-state index contributed by atoms with van der Waals surface area (Å²) in [6.45, 7) is 1.14. The summed E-state index contributed by atoms with van der Waals surface area (Å²) in [7, 11) is 0. The maximum atomic E-state index is 13.9. The molecule has 1 aromatic carbocycles. The molecule has 2 aromatic heterocycles. The number of aromatic nitrogens is 3. The fourth-order valence-corrected chi connectivity index (χ4v) is 3.74. The maximum absolute atomic E-state index is 13.9. The molecule has 7 heteroatoms. The molecular formula is C22H20F2N4O. The molecular weight excluding hydrogens is 374 g/mol. The molecule has 0 spiro atoms. The Morgan fingerprint density at radius 3 is 2.62 bits per heavy atom. The number of hydrogen-bond acceptors (Lipinski definition) is 4. The summed E-state index contributed by atoms with van der Waals surface area (Å²) in [4.78, 5) is 27.3. The van der Waals surface area contributed by atoms with Crippen molar-refractivity contribution in [1.29, 1.82) is 0 Å². The SMILES string of the molecule is O=C(c1cccnc1-c1ccncn1)N1CCC(Cc2cccc(F)c2F)CC1. The minimum Gasteiger partial charge on any atom is -0.339 e. The topological polar surface area (TPSA) is 59.0 Å². The van der Waals surface area contributed by atoms with Gasteiger partial charge in [0.25, 0.3) is 5.91 Å². The number of hydrogen-bond donors (Lipinski definition) is 0. The first-order valence-electron chi connectivity index (χ1n) is 9.57. The second kappa shape index (κ2) is 8.43. The standard InChI is InChI=1S/C22H20F2N4O/c23-18-5-1-3-16(20(18)24)13-15-7-11-28(12-8-15)22(29)17-4-2-9-26-21(17)19-6-10-25-14-27-19/h1-6,9-10,14-15H,7-8,11-13H2. The molecule has 1 saturated heterocycles. The van der Waals surface area contributed by atoms with Crippen LogP contribution in [0.15, 0.2) is 55.1 Å². The lowest BCUT2D eigenvalue weighted by atomic mass is 9.89. The predicted molar refractivity (Wildman–Crippen MR) is 104 cm³/mol. The zero-order valence-electron chi connectivity index (χ0n) is 15.8. The summed E-state index contributed by atoms with van der Waals surface area (Å²) in [5.74, 6) is -1.47. The fraction of sp³-hybridized carbons (Fsp3) is 0.273. The van der Waals surface area contributed by atoms with Gasteiger partial charge < -0.3 is 4.90 Å². The van der Waals surface area contributed by atoms with Crippen molar-refractivity contribution >= 4 is 5.91 Å². The van der Waals surface area contributed by atoms with Gasteiger partial charge in [0.05, 0.1) is 11.3 Å². The van der Waals surface area contributed by atoms with E-state index in [0.717, 1.165) is 18.9 Å². The Labute approximate surface area is 167 Å². The second-order valence-electron chi connectivity index (χ2n) is 7.15. The zero-order chi connectivity index (χ0) is 20.2. The molecule has 148 valence electrons. The fourth-order valence-electron chi connectivity index (χ4n) is 3.74. The third kappa shape index (κ3) is 4.13. The van der Waals surface area contributed by atoms with Crippen molar-refractivity contribution in [2.24, 2.45) is 5.92 Å². The van der Waals surface area contributed by atoms with E-state index in [2.05, 4.69) is 15.0 Å². The van der Waals surface area contributed by atoms with E-state index in [1.165, 1.54) is 12.4 Å². The van der Waals surface area contributed by atoms with Gasteiger partial charge in [0.2, 0.25) is 0 Å². The minimum absolute atomic E-state index is 0.0953. The van der Waals surface area contributed by atoms with Crippen LogP contribution in [-0.4, -0.2) is 38.8 Å². The number of piperidine rings is 1. The molecule has 0 unspecified atom stereocenters. The van der Waals surface area contributed by atoms with E-state index in [1.807, 2.05) is 0 Å². The summed E-state index contributed by atoms with van der Waals surface area (Å²) in [6.07, 6.45) is 6.63. The van der Waals surface area contributed by atoms with Crippen molar-refractivity contribution in [2.75, 3.05) is 13.1 Å². The Kier molecular flexibility index (Phi) is 5.55. The molecule has 0 saturated carbocycles. The number of carbonyl (C=O) groups excluding carboxylic acids is 1. The molecule has 3 aromatic rings. The number of amides is 1. The molecule has 0 aliphatic carbocycles. The van der Waals surface area contributed by atoms with Crippen molar-refractivity contribution in [3.05, 3.63) is 77.9 Å². The Morgan fingerprint density at radius 2 is 1.86 bits per heavy atom. The van der Waals surface area contributed by atoms with E-state index in [0.29, 0.717) is 42.0 Å². The number of nitrogens with zero attached hydrogens (tertiary/aromatic N) is 4. The minimum atomic E-state index is -0.816. The maximum Gasteiger partial charge on any atom is 0.256 e. The highest BCUT2D eigenvalue weighted by Crippen LogP contribution is 2.26. The van der Waals surface area contributed by atoms with Crippen LogP contribution in [0.1, 0.15) is 28.8 Å². The molecule has 5 nitrogen and oxygen atoms in total. The molecule has 3 heterocycles. The highest BCUT2D eigenvalue weighted by molar-refractivity contribution is 5.99. The number of carbonyl (C=O) groups is 1. The smallest absolute Gasteiger partial charge is 0.256 e. The van der Waals surface area contributed by atoms with Gasteiger partial charge in [0.1, 0.15) is 12.0 Å². The number of pyridine rings is 1. The first-order valence-corrected chi connectivity index (χ1v) is 9.57. The molecule has 29 heavy (non-hydrogen) atoms. The van der Waals surface area contributed by atoms with E-state index < -0.39 is 11.6 Å². The molecule has 1 aliphatic rings. The van der Waals surface area contributed by atoms with Crippen molar-refractivity contribution in [3.8, 4) is 11.4 Å². The number of benzene rings is 1. The molecule has 0 N–H and O–H groups in total. The van der Waals surface area contributed by atoms with Gasteiger partial charge in [-0.25, -0.2) is 18.7 Å². The Balaban J connectivity index is 1.44. The monoisotopic (exact) mass is 394 g/mol. The van der Waals surface area contributed by atoms with Crippen LogP contribution in [0.4, 0.5) is 8.78 Å². The highest BCUT2D eigenvalue weighted by atomic mass is 19.2. The van der Waals surface area contributed by atoms with Crippen LogP contribution in [0.2, 0.25) is 0 Å². The summed E-state index contributed by atoms with van der Waals surface area (Å²) in [5.41, 5.74) is 2.03. The van der Waals surface area contributed by atoms with Crippen LogP contribution in [-0.2, 0) is 6.42 Å². The van der Waals surface area contributed by atoms with Gasteiger partial charge in [-0.2, -0.15) is 0 Å². The van der Waals surface area contributed by atoms with E-state index in [9.17, 15) is 13.6 Å². The van der Waals surface area contributed by atoms with Crippen molar-refractivity contribution in [2.45, 2.75) is 19.3 Å². The number of halogens is 2. The summed E-state index contributed by atoms with van der Waals surface area (Å²) in [6, 6.07) is 9.49. The van der Waals surface area contributed by atoms with Gasteiger partial charge in [-0.05, 0) is 55.0 Å². The zero-order valence-corrected chi connectivity index (χ0v) is 15.8. The molecule has 1 aliphatic heterocycles. The quantitative estimate of drug-likeness (QED) is 0.673. The molecule has 4 rings (SSSR count). The van der Waals surface area contributed by atoms with Crippen molar-refractivity contribution < 1.29 is 13.6 Å². The normalized spacial score (nSPS) is 14.8. The first-order chi connectivity index (χ1) is 14.1. The summed E-state index contributed by atoms with van der Waals surface area (Å²) < 4.78 is 27.4. The predicted octanol–water partition coefficient (Wildman–Crippen LogP) is 3.91. The van der Waals surface area contributed by atoms with Gasteiger partial charge in [0.15, 0.2) is 11.6 Å². The van der Waals surface area contributed by atoms with Gasteiger partial charge in [-0.15, -0.1) is 0 Å². The van der Waals surface area contributed by atoms with Gasteiger partial charge in [0, 0.05) is 25.5 Å². The number of rotatable bonds is 4. The Hall–Kier alpha value is -3.22. The third-order valence-corrected chi connectivity index (χ3v) is 5.30. The molecule has 0 bridgehead atoms.